The van der Waals surface area contributed by atoms with E-state index < -0.39 is 0 Å². The van der Waals surface area contributed by atoms with Crippen LogP contribution in [0, 0.1) is 0 Å². The Balaban J connectivity index is 2.45. The fourth-order valence-corrected chi connectivity index (χ4v) is 1.61. The zero-order valence-electron chi connectivity index (χ0n) is 4.64. The van der Waals surface area contributed by atoms with Gasteiger partial charge in [0.25, 0.3) is 0 Å². The minimum atomic E-state index is 0.935. The van der Waals surface area contributed by atoms with Crippen LogP contribution in [-0.4, -0.2) is 9.73 Å². The topological polar surface area (TPSA) is 0 Å². The van der Waals surface area contributed by atoms with Crippen molar-refractivity contribution in [3.8, 4) is 0 Å². The number of hydrogen-bond donors (Lipinski definition) is 0. The predicted octanol–water partition coefficient (Wildman–Crippen LogP) is 2.30. The third kappa shape index (κ3) is 1.60. The zero-order valence-corrected chi connectivity index (χ0v) is 6.28. The van der Waals surface area contributed by atoms with Gasteiger partial charge in [-0.25, -0.2) is 0 Å². The van der Waals surface area contributed by atoms with Gasteiger partial charge in [0.05, 0.1) is 0 Å². The van der Waals surface area contributed by atoms with Gasteiger partial charge in [-0.2, -0.15) is 0 Å². The Kier molecular flexibility index (Phi) is 2.08. The molecule has 1 aliphatic rings. The van der Waals surface area contributed by atoms with Gasteiger partial charge in [0, 0.05) is 6.42 Å². The van der Waals surface area contributed by atoms with Crippen LogP contribution in [0.5, 0.6) is 0 Å². The molecular weight excluding hydrogens is 136 g/mol. The second-order valence-corrected chi connectivity index (χ2v) is 3.26. The van der Waals surface area contributed by atoms with Crippen molar-refractivity contribution >= 4 is 34.2 Å². The van der Waals surface area contributed by atoms with E-state index in [1.54, 1.807) is 0 Å². The molecule has 0 aromatic rings. The molecule has 0 unspecified atom stereocenters. The van der Waals surface area contributed by atoms with E-state index in [0.717, 1.165) is 29.0 Å². The summed E-state index contributed by atoms with van der Waals surface area (Å²) in [6.07, 6.45) is 4.37. The highest BCUT2D eigenvalue weighted by atomic mass is 32.1. The highest BCUT2D eigenvalue weighted by Gasteiger charge is 2.08. The fourth-order valence-electron chi connectivity index (χ4n) is 0.879. The van der Waals surface area contributed by atoms with Gasteiger partial charge in [0.1, 0.15) is 0 Å². The van der Waals surface area contributed by atoms with Gasteiger partial charge in [-0.3, -0.25) is 0 Å². The van der Waals surface area contributed by atoms with Crippen molar-refractivity contribution in [2.75, 3.05) is 0 Å². The second-order valence-electron chi connectivity index (χ2n) is 2.11. The third-order valence-corrected chi connectivity index (χ3v) is 2.00. The van der Waals surface area contributed by atoms with Crippen molar-refractivity contribution in [3.05, 3.63) is 0 Å². The summed E-state index contributed by atoms with van der Waals surface area (Å²) >= 11 is 9.99. The minimum absolute atomic E-state index is 0.935. The number of rotatable bonds is 0. The Labute approximate surface area is 60.3 Å². The molecule has 1 aliphatic carbocycles. The molecule has 0 spiro atoms. The molecular formula is C6H8S2. The first-order valence-electron chi connectivity index (χ1n) is 2.82. The molecule has 1 fully saturated rings. The Hall–Kier alpha value is 0.180. The fraction of sp³-hybridized carbons (Fsp3) is 0.667. The molecule has 0 atom stereocenters. The van der Waals surface area contributed by atoms with Crippen LogP contribution < -0.4 is 0 Å². The predicted molar refractivity (Wildman–Crippen MR) is 43.7 cm³/mol. The number of thiocarbonyl (C=S) groups is 2. The van der Waals surface area contributed by atoms with Crippen molar-refractivity contribution < 1.29 is 0 Å². The Bertz CT molecular complexity index is 112. The highest BCUT2D eigenvalue weighted by Crippen LogP contribution is 2.12. The largest absolute Gasteiger partial charge is 0.0893 e. The summed E-state index contributed by atoms with van der Waals surface area (Å²) in [7, 11) is 0. The summed E-state index contributed by atoms with van der Waals surface area (Å²) in [4.78, 5) is 2.31. The van der Waals surface area contributed by atoms with Crippen molar-refractivity contribution in [1.29, 1.82) is 0 Å². The van der Waals surface area contributed by atoms with Crippen LogP contribution >= 0.6 is 24.4 Å². The van der Waals surface area contributed by atoms with Crippen LogP contribution in [-0.2, 0) is 0 Å². The normalized spacial score (nSPS) is 21.5. The van der Waals surface area contributed by atoms with Crippen LogP contribution in [0.15, 0.2) is 0 Å². The maximum absolute atomic E-state index is 5.00. The van der Waals surface area contributed by atoms with E-state index >= 15 is 0 Å². The molecule has 0 aromatic carbocycles. The zero-order chi connectivity index (χ0) is 5.98. The molecule has 0 aliphatic heterocycles. The van der Waals surface area contributed by atoms with E-state index in [1.807, 2.05) is 0 Å². The SMILES string of the molecule is S=C1CCCC(=S)C1. The van der Waals surface area contributed by atoms with Crippen LogP contribution in [0.1, 0.15) is 25.7 Å². The van der Waals surface area contributed by atoms with Crippen molar-refractivity contribution in [2.24, 2.45) is 0 Å². The summed E-state index contributed by atoms with van der Waals surface area (Å²) in [6.45, 7) is 0. The molecule has 0 radical (unpaired) electrons. The monoisotopic (exact) mass is 144 g/mol. The average molecular weight is 144 g/mol. The molecule has 0 bridgehead atoms. The number of hydrogen-bond acceptors (Lipinski definition) is 2. The molecule has 1 saturated carbocycles. The van der Waals surface area contributed by atoms with Gasteiger partial charge in [0.2, 0.25) is 0 Å². The van der Waals surface area contributed by atoms with E-state index in [2.05, 4.69) is 0 Å². The summed E-state index contributed by atoms with van der Waals surface area (Å²) in [6, 6.07) is 0. The van der Waals surface area contributed by atoms with Crippen LogP contribution in [0.25, 0.3) is 0 Å². The van der Waals surface area contributed by atoms with Gasteiger partial charge in [-0.1, -0.05) is 24.4 Å². The lowest BCUT2D eigenvalue weighted by molar-refractivity contribution is 0.899. The molecule has 44 valence electrons. The van der Waals surface area contributed by atoms with E-state index in [4.69, 9.17) is 24.4 Å². The van der Waals surface area contributed by atoms with Crippen molar-refractivity contribution in [3.63, 3.8) is 0 Å². The maximum Gasteiger partial charge on any atom is 0.0102 e. The molecule has 1 rings (SSSR count). The van der Waals surface area contributed by atoms with Crippen LogP contribution in [0.4, 0.5) is 0 Å². The minimum Gasteiger partial charge on any atom is -0.0893 e. The van der Waals surface area contributed by atoms with E-state index in [-0.39, 0.29) is 0 Å². The van der Waals surface area contributed by atoms with Crippen LogP contribution in [0.2, 0.25) is 0 Å². The average Bonchev–Trinajstić information content (AvgIpc) is 1.64. The first-order valence-corrected chi connectivity index (χ1v) is 3.64. The lowest BCUT2D eigenvalue weighted by Crippen LogP contribution is -2.09. The first kappa shape index (κ1) is 6.30. The first-order chi connectivity index (χ1) is 3.79. The Morgan fingerprint density at radius 3 is 1.75 bits per heavy atom. The molecule has 0 heterocycles. The molecule has 8 heavy (non-hydrogen) atoms. The summed E-state index contributed by atoms with van der Waals surface area (Å²) in [5.74, 6) is 0. The Morgan fingerprint density at radius 1 is 1.00 bits per heavy atom. The lowest BCUT2D eigenvalue weighted by Gasteiger charge is -2.10. The van der Waals surface area contributed by atoms with Gasteiger partial charge in [-0.15, -0.1) is 0 Å². The Morgan fingerprint density at radius 2 is 1.50 bits per heavy atom. The molecule has 0 amide bonds. The quantitative estimate of drug-likeness (QED) is 0.478. The van der Waals surface area contributed by atoms with Crippen molar-refractivity contribution in [2.45, 2.75) is 25.7 Å². The molecule has 0 nitrogen and oxygen atoms in total. The smallest absolute Gasteiger partial charge is 0.0102 e. The molecule has 0 N–H and O–H groups in total. The molecule has 2 heteroatoms. The van der Waals surface area contributed by atoms with Gasteiger partial charge >= 0.3 is 0 Å². The second kappa shape index (κ2) is 2.65. The van der Waals surface area contributed by atoms with Gasteiger partial charge < -0.3 is 0 Å². The third-order valence-electron chi connectivity index (χ3n) is 1.31. The van der Waals surface area contributed by atoms with E-state index in [9.17, 15) is 0 Å². The van der Waals surface area contributed by atoms with Gasteiger partial charge in [-0.05, 0) is 29.0 Å². The lowest BCUT2D eigenvalue weighted by atomic mass is 10.0. The summed E-state index contributed by atoms with van der Waals surface area (Å²) < 4.78 is 0. The molecule has 0 saturated heterocycles. The van der Waals surface area contributed by atoms with E-state index in [1.165, 1.54) is 6.42 Å². The van der Waals surface area contributed by atoms with E-state index in [0.29, 0.717) is 0 Å². The highest BCUT2D eigenvalue weighted by molar-refractivity contribution is 7.82. The maximum atomic E-state index is 5.00. The van der Waals surface area contributed by atoms with Crippen molar-refractivity contribution in [1.82, 2.24) is 0 Å². The summed E-state index contributed by atoms with van der Waals surface area (Å²) in [5.41, 5.74) is 0. The van der Waals surface area contributed by atoms with Gasteiger partial charge in [0.15, 0.2) is 0 Å². The summed E-state index contributed by atoms with van der Waals surface area (Å²) in [5, 5.41) is 0. The standard InChI is InChI=1S/C6H8S2/c7-5-2-1-3-6(8)4-5/h1-4H2. The van der Waals surface area contributed by atoms with Crippen LogP contribution in [0.3, 0.4) is 0 Å². The molecule has 0 aromatic heterocycles.